The third kappa shape index (κ3) is 6.81. The van der Waals surface area contributed by atoms with Crippen LogP contribution in [0.1, 0.15) is 40.0 Å². The molecule has 0 aliphatic carbocycles. The number of ether oxygens (including phenoxy) is 1. The van der Waals surface area contributed by atoms with Gasteiger partial charge in [0.05, 0.1) is 13.2 Å². The predicted molar refractivity (Wildman–Crippen MR) is 124 cm³/mol. The van der Waals surface area contributed by atoms with Crippen LogP contribution in [0.25, 0.3) is 0 Å². The van der Waals surface area contributed by atoms with E-state index in [2.05, 4.69) is 16.0 Å². The minimum atomic E-state index is -0.227. The summed E-state index contributed by atoms with van der Waals surface area (Å²) in [5.74, 6) is -0.389. The molecule has 0 aromatic heterocycles. The standard InChI is InChI=1S/C24H30N4O4/c1-32-15-12-25-23(30)19-6-5-7-21(16-19)26-17-22(29)27-20-10-8-18(9-11-20)24(31)28-13-3-2-4-14-28/h5-11,16,26H,2-4,12-15,17H2,1H3,(H,25,30)(H,27,29). The van der Waals surface area contributed by atoms with Gasteiger partial charge in [0.15, 0.2) is 0 Å². The highest BCUT2D eigenvalue weighted by Gasteiger charge is 2.18. The van der Waals surface area contributed by atoms with Crippen LogP contribution in [0.2, 0.25) is 0 Å². The first-order valence-corrected chi connectivity index (χ1v) is 10.9. The van der Waals surface area contributed by atoms with Gasteiger partial charge in [-0.15, -0.1) is 0 Å². The number of nitrogens with zero attached hydrogens (tertiary/aromatic N) is 1. The van der Waals surface area contributed by atoms with Crippen LogP contribution >= 0.6 is 0 Å². The van der Waals surface area contributed by atoms with Crippen molar-refractivity contribution in [2.45, 2.75) is 19.3 Å². The molecule has 1 aliphatic rings. The Kier molecular flexibility index (Phi) is 8.62. The molecule has 1 saturated heterocycles. The minimum absolute atomic E-state index is 0.0374. The summed E-state index contributed by atoms with van der Waals surface area (Å²) in [4.78, 5) is 38.8. The van der Waals surface area contributed by atoms with Crippen LogP contribution < -0.4 is 16.0 Å². The van der Waals surface area contributed by atoms with Gasteiger partial charge in [0.2, 0.25) is 5.91 Å². The minimum Gasteiger partial charge on any atom is -0.383 e. The van der Waals surface area contributed by atoms with Gasteiger partial charge in [-0.3, -0.25) is 14.4 Å². The predicted octanol–water partition coefficient (Wildman–Crippen LogP) is 2.74. The van der Waals surface area contributed by atoms with Gasteiger partial charge in [-0.05, 0) is 61.7 Å². The largest absolute Gasteiger partial charge is 0.383 e. The normalized spacial score (nSPS) is 13.3. The number of rotatable bonds is 9. The molecule has 3 N–H and O–H groups in total. The highest BCUT2D eigenvalue weighted by atomic mass is 16.5. The number of amides is 3. The summed E-state index contributed by atoms with van der Waals surface area (Å²) in [6, 6.07) is 13.9. The van der Waals surface area contributed by atoms with Crippen LogP contribution in [0.4, 0.5) is 11.4 Å². The quantitative estimate of drug-likeness (QED) is 0.523. The number of carbonyl (C=O) groups is 3. The van der Waals surface area contributed by atoms with Gasteiger partial charge in [-0.25, -0.2) is 0 Å². The molecule has 0 unspecified atom stereocenters. The summed E-state index contributed by atoms with van der Waals surface area (Å²) in [6.07, 6.45) is 3.28. The van der Waals surface area contributed by atoms with Crippen molar-refractivity contribution in [3.8, 4) is 0 Å². The van der Waals surface area contributed by atoms with E-state index in [-0.39, 0.29) is 24.3 Å². The number of benzene rings is 2. The monoisotopic (exact) mass is 438 g/mol. The van der Waals surface area contributed by atoms with E-state index >= 15 is 0 Å². The van der Waals surface area contributed by atoms with Crippen molar-refractivity contribution in [2.24, 2.45) is 0 Å². The summed E-state index contributed by atoms with van der Waals surface area (Å²) >= 11 is 0. The van der Waals surface area contributed by atoms with Crippen molar-refractivity contribution in [1.82, 2.24) is 10.2 Å². The third-order valence-corrected chi connectivity index (χ3v) is 5.23. The fraction of sp³-hybridized carbons (Fsp3) is 0.375. The third-order valence-electron chi connectivity index (χ3n) is 5.23. The SMILES string of the molecule is COCCNC(=O)c1cccc(NCC(=O)Nc2ccc(C(=O)N3CCCCC3)cc2)c1. The second-order valence-electron chi connectivity index (χ2n) is 7.66. The number of hydrogen-bond donors (Lipinski definition) is 3. The highest BCUT2D eigenvalue weighted by Crippen LogP contribution is 2.16. The van der Waals surface area contributed by atoms with Crippen molar-refractivity contribution in [2.75, 3.05) is 50.5 Å². The zero-order valence-electron chi connectivity index (χ0n) is 18.4. The van der Waals surface area contributed by atoms with Crippen LogP contribution in [-0.4, -0.2) is 62.5 Å². The van der Waals surface area contributed by atoms with Crippen molar-refractivity contribution in [3.63, 3.8) is 0 Å². The second kappa shape index (κ2) is 11.9. The lowest BCUT2D eigenvalue weighted by Gasteiger charge is -2.26. The number of methoxy groups -OCH3 is 1. The van der Waals surface area contributed by atoms with E-state index in [9.17, 15) is 14.4 Å². The molecule has 0 bridgehead atoms. The average molecular weight is 439 g/mol. The molecular weight excluding hydrogens is 408 g/mol. The Morgan fingerprint density at radius 1 is 0.938 bits per heavy atom. The number of hydrogen-bond acceptors (Lipinski definition) is 5. The average Bonchev–Trinajstić information content (AvgIpc) is 2.83. The molecular formula is C24H30N4O4. The second-order valence-corrected chi connectivity index (χ2v) is 7.66. The Morgan fingerprint density at radius 2 is 1.69 bits per heavy atom. The zero-order valence-corrected chi connectivity index (χ0v) is 18.4. The Morgan fingerprint density at radius 3 is 2.41 bits per heavy atom. The van der Waals surface area contributed by atoms with Crippen LogP contribution in [0.5, 0.6) is 0 Å². The van der Waals surface area contributed by atoms with Gasteiger partial charge >= 0.3 is 0 Å². The lowest BCUT2D eigenvalue weighted by molar-refractivity contribution is -0.114. The molecule has 0 radical (unpaired) electrons. The molecule has 3 rings (SSSR count). The van der Waals surface area contributed by atoms with E-state index in [1.165, 1.54) is 6.42 Å². The van der Waals surface area contributed by atoms with Crippen LogP contribution in [0, 0.1) is 0 Å². The molecule has 8 heteroatoms. The summed E-state index contributed by atoms with van der Waals surface area (Å²) in [5, 5.41) is 8.59. The molecule has 1 fully saturated rings. The van der Waals surface area contributed by atoms with Crippen LogP contribution in [0.3, 0.4) is 0 Å². The first kappa shape index (κ1) is 23.3. The number of likely N-dealkylation sites (tertiary alicyclic amines) is 1. The molecule has 170 valence electrons. The lowest BCUT2D eigenvalue weighted by Crippen LogP contribution is -2.35. The van der Waals surface area contributed by atoms with Crippen molar-refractivity contribution >= 4 is 29.1 Å². The fourth-order valence-electron chi connectivity index (χ4n) is 3.50. The Balaban J connectivity index is 1.48. The molecule has 0 atom stereocenters. The fourth-order valence-corrected chi connectivity index (χ4v) is 3.50. The molecule has 1 aliphatic heterocycles. The summed E-state index contributed by atoms with van der Waals surface area (Å²) in [5.41, 5.74) is 2.42. The van der Waals surface area contributed by atoms with E-state index in [0.717, 1.165) is 25.9 Å². The van der Waals surface area contributed by atoms with E-state index in [0.29, 0.717) is 35.7 Å². The molecule has 8 nitrogen and oxygen atoms in total. The number of nitrogens with one attached hydrogen (secondary N) is 3. The summed E-state index contributed by atoms with van der Waals surface area (Å²) in [6.45, 7) is 2.52. The van der Waals surface area contributed by atoms with Crippen molar-refractivity contribution < 1.29 is 19.1 Å². The van der Waals surface area contributed by atoms with Gasteiger partial charge < -0.3 is 25.6 Å². The van der Waals surface area contributed by atoms with Crippen molar-refractivity contribution in [1.29, 1.82) is 0 Å². The summed E-state index contributed by atoms with van der Waals surface area (Å²) in [7, 11) is 1.57. The van der Waals surface area contributed by atoms with E-state index in [1.54, 1.807) is 55.6 Å². The van der Waals surface area contributed by atoms with Crippen molar-refractivity contribution in [3.05, 3.63) is 59.7 Å². The zero-order chi connectivity index (χ0) is 22.8. The smallest absolute Gasteiger partial charge is 0.253 e. The van der Waals surface area contributed by atoms with E-state index < -0.39 is 0 Å². The van der Waals surface area contributed by atoms with E-state index in [1.807, 2.05) is 4.90 Å². The lowest BCUT2D eigenvalue weighted by atomic mass is 10.1. The molecule has 0 spiro atoms. The first-order valence-electron chi connectivity index (χ1n) is 10.9. The van der Waals surface area contributed by atoms with Crippen LogP contribution in [-0.2, 0) is 9.53 Å². The maximum atomic E-state index is 12.5. The van der Waals surface area contributed by atoms with E-state index in [4.69, 9.17) is 4.74 Å². The van der Waals surface area contributed by atoms with Gasteiger partial charge in [0.25, 0.3) is 11.8 Å². The molecule has 2 aromatic carbocycles. The molecule has 3 amide bonds. The first-order chi connectivity index (χ1) is 15.6. The number of carbonyl (C=O) groups excluding carboxylic acids is 3. The maximum Gasteiger partial charge on any atom is 0.253 e. The molecule has 0 saturated carbocycles. The highest BCUT2D eigenvalue weighted by molar-refractivity contribution is 5.97. The molecule has 32 heavy (non-hydrogen) atoms. The number of piperidine rings is 1. The van der Waals surface area contributed by atoms with Gasteiger partial charge in [0.1, 0.15) is 0 Å². The van der Waals surface area contributed by atoms with Crippen LogP contribution in [0.15, 0.2) is 48.5 Å². The summed E-state index contributed by atoms with van der Waals surface area (Å²) < 4.78 is 4.92. The van der Waals surface area contributed by atoms with Gasteiger partial charge in [-0.1, -0.05) is 6.07 Å². The van der Waals surface area contributed by atoms with Gasteiger partial charge in [-0.2, -0.15) is 0 Å². The maximum absolute atomic E-state index is 12.5. The Labute approximate surface area is 188 Å². The molecule has 2 aromatic rings. The molecule has 1 heterocycles. The number of anilines is 2. The topological polar surface area (TPSA) is 99.8 Å². The van der Waals surface area contributed by atoms with Gasteiger partial charge in [0, 0.05) is 49.2 Å². The Hall–Kier alpha value is -3.39. The Bertz CT molecular complexity index is 924.